The number of ether oxygens (including phenoxy) is 1. The second-order valence-electron chi connectivity index (χ2n) is 6.05. The fourth-order valence-electron chi connectivity index (χ4n) is 3.69. The minimum atomic E-state index is -0.232. The van der Waals surface area contributed by atoms with E-state index in [1.54, 1.807) is 24.3 Å². The van der Waals surface area contributed by atoms with E-state index in [0.717, 1.165) is 29.7 Å². The summed E-state index contributed by atoms with van der Waals surface area (Å²) in [6.07, 6.45) is 1.93. The van der Waals surface area contributed by atoms with E-state index in [0.29, 0.717) is 6.61 Å². The zero-order valence-corrected chi connectivity index (χ0v) is 12.1. The largest absolute Gasteiger partial charge is 0.508 e. The van der Waals surface area contributed by atoms with Crippen molar-refractivity contribution in [2.45, 2.75) is 25.0 Å². The number of nitrogens with one attached hydrogen (secondary N) is 1. The topological polar surface area (TPSA) is 41.5 Å². The van der Waals surface area contributed by atoms with Crippen LogP contribution >= 0.6 is 0 Å². The molecule has 2 heterocycles. The lowest BCUT2D eigenvalue weighted by atomic mass is 9.77. The number of hydrogen-bond donors (Lipinski definition) is 2. The van der Waals surface area contributed by atoms with E-state index in [9.17, 15) is 9.50 Å². The van der Waals surface area contributed by atoms with Gasteiger partial charge in [-0.05, 0) is 48.7 Å². The van der Waals surface area contributed by atoms with Crippen LogP contribution in [0.15, 0.2) is 42.5 Å². The minimum Gasteiger partial charge on any atom is -0.508 e. The van der Waals surface area contributed by atoms with Crippen LogP contribution in [-0.2, 0) is 4.74 Å². The van der Waals surface area contributed by atoms with Crippen molar-refractivity contribution >= 4 is 5.69 Å². The number of benzene rings is 2. The van der Waals surface area contributed by atoms with Crippen LogP contribution in [0.5, 0.6) is 5.75 Å². The SMILES string of the molecule is Oc1cccc(C2Nc3ccc(F)cc3C3OCCCC23)c1. The molecule has 4 heteroatoms. The van der Waals surface area contributed by atoms with Crippen molar-refractivity contribution in [1.29, 1.82) is 0 Å². The first-order valence-corrected chi connectivity index (χ1v) is 7.69. The third kappa shape index (κ3) is 2.24. The van der Waals surface area contributed by atoms with Gasteiger partial charge in [0.2, 0.25) is 0 Å². The second-order valence-corrected chi connectivity index (χ2v) is 6.05. The highest BCUT2D eigenvalue weighted by Crippen LogP contribution is 2.49. The molecule has 2 aliphatic rings. The predicted octanol–water partition coefficient (Wildman–Crippen LogP) is 4.17. The van der Waals surface area contributed by atoms with Crippen molar-refractivity contribution in [3.05, 3.63) is 59.4 Å². The quantitative estimate of drug-likeness (QED) is 0.830. The Morgan fingerprint density at radius 2 is 2.09 bits per heavy atom. The maximum atomic E-state index is 13.6. The molecular formula is C18H18FNO2. The average molecular weight is 299 g/mol. The molecule has 0 aromatic heterocycles. The molecule has 1 saturated heterocycles. The van der Waals surface area contributed by atoms with Gasteiger partial charge in [0.15, 0.2) is 0 Å². The Labute approximate surface area is 128 Å². The molecule has 2 aromatic rings. The van der Waals surface area contributed by atoms with Gasteiger partial charge in [0, 0.05) is 23.8 Å². The first-order chi connectivity index (χ1) is 10.7. The van der Waals surface area contributed by atoms with Gasteiger partial charge in [0.05, 0.1) is 12.1 Å². The highest BCUT2D eigenvalue weighted by atomic mass is 19.1. The Hall–Kier alpha value is -2.07. The maximum absolute atomic E-state index is 13.6. The third-order valence-corrected chi connectivity index (χ3v) is 4.66. The summed E-state index contributed by atoms with van der Waals surface area (Å²) < 4.78 is 19.6. The first kappa shape index (κ1) is 13.6. The summed E-state index contributed by atoms with van der Waals surface area (Å²) in [5, 5.41) is 13.3. The van der Waals surface area contributed by atoms with Crippen LogP contribution in [0.2, 0.25) is 0 Å². The van der Waals surface area contributed by atoms with Crippen LogP contribution in [0.25, 0.3) is 0 Å². The lowest BCUT2D eigenvalue weighted by Crippen LogP contribution is -2.36. The monoisotopic (exact) mass is 299 g/mol. The normalized spacial score (nSPS) is 26.7. The van der Waals surface area contributed by atoms with Crippen molar-refractivity contribution in [3.63, 3.8) is 0 Å². The Morgan fingerprint density at radius 3 is 2.95 bits per heavy atom. The van der Waals surface area contributed by atoms with E-state index in [2.05, 4.69) is 5.32 Å². The standard InChI is InChI=1S/C18H18FNO2/c19-12-6-7-16-15(10-12)18-14(5-2-8-22-18)17(20-16)11-3-1-4-13(21)9-11/h1,3-4,6-7,9-10,14,17-18,20-21H,2,5,8H2. The van der Waals surface area contributed by atoms with Gasteiger partial charge in [-0.15, -0.1) is 0 Å². The highest BCUT2D eigenvalue weighted by molar-refractivity contribution is 5.57. The molecule has 0 aliphatic carbocycles. The summed E-state index contributed by atoms with van der Waals surface area (Å²) in [5.74, 6) is 0.270. The number of aromatic hydroxyl groups is 1. The summed E-state index contributed by atoms with van der Waals surface area (Å²) in [4.78, 5) is 0. The van der Waals surface area contributed by atoms with Gasteiger partial charge >= 0.3 is 0 Å². The first-order valence-electron chi connectivity index (χ1n) is 7.69. The molecule has 3 nitrogen and oxygen atoms in total. The summed E-state index contributed by atoms with van der Waals surface area (Å²) in [5.41, 5.74) is 2.86. The number of phenolic OH excluding ortho intramolecular Hbond substituents is 1. The number of anilines is 1. The molecule has 3 unspecified atom stereocenters. The molecule has 0 amide bonds. The average Bonchev–Trinajstić information content (AvgIpc) is 2.54. The predicted molar refractivity (Wildman–Crippen MR) is 82.3 cm³/mol. The fourth-order valence-corrected chi connectivity index (χ4v) is 3.69. The van der Waals surface area contributed by atoms with Crippen molar-refractivity contribution in [1.82, 2.24) is 0 Å². The molecule has 2 aromatic carbocycles. The molecule has 22 heavy (non-hydrogen) atoms. The Bertz CT molecular complexity index is 703. The third-order valence-electron chi connectivity index (χ3n) is 4.66. The molecule has 4 rings (SSSR count). The zero-order chi connectivity index (χ0) is 15.1. The maximum Gasteiger partial charge on any atom is 0.123 e. The fraction of sp³-hybridized carbons (Fsp3) is 0.333. The molecule has 0 bridgehead atoms. The van der Waals surface area contributed by atoms with E-state index in [4.69, 9.17) is 4.74 Å². The summed E-state index contributed by atoms with van der Waals surface area (Å²) in [6.45, 7) is 0.712. The van der Waals surface area contributed by atoms with Crippen LogP contribution in [0, 0.1) is 11.7 Å². The molecule has 114 valence electrons. The van der Waals surface area contributed by atoms with Crippen molar-refractivity contribution in [3.8, 4) is 5.75 Å². The molecule has 3 atom stereocenters. The molecule has 0 radical (unpaired) electrons. The van der Waals surface area contributed by atoms with Crippen LogP contribution in [0.4, 0.5) is 10.1 Å². The van der Waals surface area contributed by atoms with Crippen LogP contribution < -0.4 is 5.32 Å². The Balaban J connectivity index is 1.79. The van der Waals surface area contributed by atoms with Crippen LogP contribution in [0.1, 0.15) is 36.1 Å². The molecular weight excluding hydrogens is 281 g/mol. The molecule has 2 aliphatic heterocycles. The van der Waals surface area contributed by atoms with Gasteiger partial charge in [-0.3, -0.25) is 0 Å². The van der Waals surface area contributed by atoms with Gasteiger partial charge in [-0.25, -0.2) is 4.39 Å². The second kappa shape index (κ2) is 5.29. The number of fused-ring (bicyclic) bond motifs is 3. The minimum absolute atomic E-state index is 0.0651. The smallest absolute Gasteiger partial charge is 0.123 e. The van der Waals surface area contributed by atoms with E-state index in [1.807, 2.05) is 12.1 Å². The van der Waals surface area contributed by atoms with Gasteiger partial charge < -0.3 is 15.2 Å². The van der Waals surface area contributed by atoms with E-state index >= 15 is 0 Å². The van der Waals surface area contributed by atoms with E-state index in [1.165, 1.54) is 6.07 Å². The summed E-state index contributed by atoms with van der Waals surface area (Å²) in [7, 11) is 0. The number of halogens is 1. The van der Waals surface area contributed by atoms with Gasteiger partial charge in [-0.1, -0.05) is 12.1 Å². The highest BCUT2D eigenvalue weighted by Gasteiger charge is 2.39. The van der Waals surface area contributed by atoms with Gasteiger partial charge in [0.1, 0.15) is 11.6 Å². The van der Waals surface area contributed by atoms with E-state index < -0.39 is 0 Å². The Kier molecular flexibility index (Phi) is 3.26. The summed E-state index contributed by atoms with van der Waals surface area (Å²) in [6, 6.07) is 12.2. The molecule has 0 spiro atoms. The van der Waals surface area contributed by atoms with Gasteiger partial charge in [-0.2, -0.15) is 0 Å². The lowest BCUT2D eigenvalue weighted by molar-refractivity contribution is -0.0383. The van der Waals surface area contributed by atoms with Crippen molar-refractivity contribution in [2.75, 3.05) is 11.9 Å². The van der Waals surface area contributed by atoms with E-state index in [-0.39, 0.29) is 29.6 Å². The molecule has 1 fully saturated rings. The zero-order valence-electron chi connectivity index (χ0n) is 12.1. The summed E-state index contributed by atoms with van der Waals surface area (Å²) >= 11 is 0. The molecule has 2 N–H and O–H groups in total. The number of phenols is 1. The van der Waals surface area contributed by atoms with Crippen LogP contribution in [0.3, 0.4) is 0 Å². The lowest BCUT2D eigenvalue weighted by Gasteiger charge is -2.43. The Morgan fingerprint density at radius 1 is 1.18 bits per heavy atom. The number of hydrogen-bond acceptors (Lipinski definition) is 3. The van der Waals surface area contributed by atoms with Crippen molar-refractivity contribution < 1.29 is 14.2 Å². The van der Waals surface area contributed by atoms with Crippen LogP contribution in [-0.4, -0.2) is 11.7 Å². The van der Waals surface area contributed by atoms with Gasteiger partial charge in [0.25, 0.3) is 0 Å². The number of rotatable bonds is 1. The van der Waals surface area contributed by atoms with Crippen molar-refractivity contribution in [2.24, 2.45) is 5.92 Å². The molecule has 0 saturated carbocycles.